The Morgan fingerprint density at radius 1 is 1.50 bits per heavy atom. The number of aromatic hydroxyl groups is 1. The standard InChI is InChI=1S/C10H12O2/c1-8-4-5-9(3-2-6-11)10(12)7-8/h4-7,12H,2-3H2,1H3. The SMILES string of the molecule is Cc1ccc(CCC=O)c(O)c1. The summed E-state index contributed by atoms with van der Waals surface area (Å²) in [6.45, 7) is 1.92. The molecule has 0 atom stereocenters. The molecule has 12 heavy (non-hydrogen) atoms. The summed E-state index contributed by atoms with van der Waals surface area (Å²) >= 11 is 0. The molecule has 0 aliphatic carbocycles. The number of carbonyl (C=O) groups is 1. The van der Waals surface area contributed by atoms with Gasteiger partial charge in [-0.25, -0.2) is 0 Å². The Kier molecular flexibility index (Phi) is 2.86. The minimum atomic E-state index is 0.289. The zero-order chi connectivity index (χ0) is 8.97. The van der Waals surface area contributed by atoms with E-state index in [0.717, 1.165) is 17.4 Å². The van der Waals surface area contributed by atoms with Gasteiger partial charge in [-0.15, -0.1) is 0 Å². The van der Waals surface area contributed by atoms with Crippen LogP contribution in [0.25, 0.3) is 0 Å². The van der Waals surface area contributed by atoms with Crippen LogP contribution in [0.2, 0.25) is 0 Å². The number of rotatable bonds is 3. The second-order valence-corrected chi connectivity index (χ2v) is 2.84. The van der Waals surface area contributed by atoms with Gasteiger partial charge < -0.3 is 9.90 Å². The van der Waals surface area contributed by atoms with Crippen molar-refractivity contribution in [3.63, 3.8) is 0 Å². The average molecular weight is 164 g/mol. The first kappa shape index (κ1) is 8.78. The van der Waals surface area contributed by atoms with Gasteiger partial charge in [0.15, 0.2) is 0 Å². The van der Waals surface area contributed by atoms with E-state index >= 15 is 0 Å². The van der Waals surface area contributed by atoms with Crippen molar-refractivity contribution in [3.05, 3.63) is 29.3 Å². The van der Waals surface area contributed by atoms with E-state index in [-0.39, 0.29) is 5.75 Å². The first-order valence-corrected chi connectivity index (χ1v) is 3.96. The minimum Gasteiger partial charge on any atom is -0.508 e. The summed E-state index contributed by atoms with van der Waals surface area (Å²) in [6, 6.07) is 5.49. The highest BCUT2D eigenvalue weighted by Crippen LogP contribution is 2.19. The van der Waals surface area contributed by atoms with Crippen LogP contribution in [0, 0.1) is 6.92 Å². The highest BCUT2D eigenvalue weighted by atomic mass is 16.3. The predicted molar refractivity (Wildman–Crippen MR) is 47.2 cm³/mol. The van der Waals surface area contributed by atoms with Gasteiger partial charge in [-0.3, -0.25) is 0 Å². The predicted octanol–water partition coefficient (Wildman–Crippen LogP) is 1.83. The minimum absolute atomic E-state index is 0.289. The Morgan fingerprint density at radius 2 is 2.25 bits per heavy atom. The van der Waals surface area contributed by atoms with Crippen LogP contribution in [0.1, 0.15) is 17.5 Å². The fourth-order valence-electron chi connectivity index (χ4n) is 1.10. The molecule has 0 saturated heterocycles. The second kappa shape index (κ2) is 3.90. The van der Waals surface area contributed by atoms with E-state index in [1.807, 2.05) is 19.1 Å². The molecular formula is C10H12O2. The van der Waals surface area contributed by atoms with Crippen LogP contribution in [0.5, 0.6) is 5.75 Å². The molecule has 0 unspecified atom stereocenters. The number of carbonyl (C=O) groups excluding carboxylic acids is 1. The maximum atomic E-state index is 10.1. The Bertz CT molecular complexity index is 279. The van der Waals surface area contributed by atoms with Crippen LogP contribution < -0.4 is 0 Å². The Morgan fingerprint density at radius 3 is 2.83 bits per heavy atom. The summed E-state index contributed by atoms with van der Waals surface area (Å²) in [4.78, 5) is 10.1. The number of phenols is 1. The van der Waals surface area contributed by atoms with Crippen molar-refractivity contribution in [2.24, 2.45) is 0 Å². The van der Waals surface area contributed by atoms with Gasteiger partial charge in [0, 0.05) is 6.42 Å². The molecule has 0 bridgehead atoms. The summed E-state index contributed by atoms with van der Waals surface area (Å²) in [7, 11) is 0. The summed E-state index contributed by atoms with van der Waals surface area (Å²) in [5.74, 6) is 0.289. The molecule has 0 aliphatic heterocycles. The van der Waals surface area contributed by atoms with Gasteiger partial charge >= 0.3 is 0 Å². The van der Waals surface area contributed by atoms with Gasteiger partial charge in [0.05, 0.1) is 0 Å². The average Bonchev–Trinajstić information content (AvgIpc) is 2.03. The number of aldehydes is 1. The third-order valence-electron chi connectivity index (χ3n) is 1.77. The topological polar surface area (TPSA) is 37.3 Å². The van der Waals surface area contributed by atoms with Crippen molar-refractivity contribution < 1.29 is 9.90 Å². The molecule has 0 aromatic heterocycles. The zero-order valence-corrected chi connectivity index (χ0v) is 7.08. The Balaban J connectivity index is 2.78. The maximum Gasteiger partial charge on any atom is 0.120 e. The van der Waals surface area contributed by atoms with E-state index in [1.165, 1.54) is 0 Å². The van der Waals surface area contributed by atoms with E-state index in [9.17, 15) is 9.90 Å². The second-order valence-electron chi connectivity index (χ2n) is 2.84. The lowest BCUT2D eigenvalue weighted by molar-refractivity contribution is -0.107. The smallest absolute Gasteiger partial charge is 0.120 e. The fourth-order valence-corrected chi connectivity index (χ4v) is 1.10. The normalized spacial score (nSPS) is 9.75. The van der Waals surface area contributed by atoms with Gasteiger partial charge in [0.25, 0.3) is 0 Å². The molecule has 1 rings (SSSR count). The van der Waals surface area contributed by atoms with Crippen LogP contribution in [-0.2, 0) is 11.2 Å². The van der Waals surface area contributed by atoms with E-state index in [1.54, 1.807) is 6.07 Å². The van der Waals surface area contributed by atoms with Crippen molar-refractivity contribution in [2.45, 2.75) is 19.8 Å². The molecule has 0 spiro atoms. The molecule has 0 amide bonds. The number of aryl methyl sites for hydroxylation is 2. The molecule has 0 fully saturated rings. The van der Waals surface area contributed by atoms with Crippen molar-refractivity contribution in [2.75, 3.05) is 0 Å². The van der Waals surface area contributed by atoms with Crippen LogP contribution in [-0.4, -0.2) is 11.4 Å². The first-order valence-electron chi connectivity index (χ1n) is 3.96. The molecule has 0 heterocycles. The molecule has 0 aliphatic rings. The van der Waals surface area contributed by atoms with Crippen LogP contribution in [0.15, 0.2) is 18.2 Å². The van der Waals surface area contributed by atoms with Gasteiger partial charge in [-0.2, -0.15) is 0 Å². The quantitative estimate of drug-likeness (QED) is 0.692. The summed E-state index contributed by atoms with van der Waals surface area (Å²) in [6.07, 6.45) is 1.95. The molecule has 0 radical (unpaired) electrons. The van der Waals surface area contributed by atoms with E-state index in [0.29, 0.717) is 12.8 Å². The van der Waals surface area contributed by atoms with Gasteiger partial charge in [0.2, 0.25) is 0 Å². The van der Waals surface area contributed by atoms with Gasteiger partial charge in [-0.1, -0.05) is 12.1 Å². The lowest BCUT2D eigenvalue weighted by Gasteiger charge is -2.02. The first-order chi connectivity index (χ1) is 5.74. The van der Waals surface area contributed by atoms with E-state index < -0.39 is 0 Å². The van der Waals surface area contributed by atoms with Crippen LogP contribution in [0.4, 0.5) is 0 Å². The van der Waals surface area contributed by atoms with Crippen LogP contribution >= 0.6 is 0 Å². The van der Waals surface area contributed by atoms with Crippen molar-refractivity contribution in [1.82, 2.24) is 0 Å². The zero-order valence-electron chi connectivity index (χ0n) is 7.08. The summed E-state index contributed by atoms with van der Waals surface area (Å²) in [5, 5.41) is 9.40. The highest BCUT2D eigenvalue weighted by Gasteiger charge is 1.99. The van der Waals surface area contributed by atoms with Gasteiger partial charge in [0.1, 0.15) is 12.0 Å². The molecule has 1 aromatic rings. The largest absolute Gasteiger partial charge is 0.508 e. The monoisotopic (exact) mass is 164 g/mol. The van der Waals surface area contributed by atoms with E-state index in [4.69, 9.17) is 0 Å². The number of phenolic OH excluding ortho intramolecular Hbond substituents is 1. The van der Waals surface area contributed by atoms with Gasteiger partial charge in [-0.05, 0) is 30.5 Å². The maximum absolute atomic E-state index is 10.1. The van der Waals surface area contributed by atoms with Crippen molar-refractivity contribution >= 4 is 6.29 Å². The summed E-state index contributed by atoms with van der Waals surface area (Å²) in [5.41, 5.74) is 1.87. The number of hydrogen-bond donors (Lipinski definition) is 1. The molecule has 2 heteroatoms. The number of hydrogen-bond acceptors (Lipinski definition) is 2. The molecule has 64 valence electrons. The number of benzene rings is 1. The molecule has 2 nitrogen and oxygen atoms in total. The van der Waals surface area contributed by atoms with Crippen molar-refractivity contribution in [1.29, 1.82) is 0 Å². The third-order valence-corrected chi connectivity index (χ3v) is 1.77. The van der Waals surface area contributed by atoms with Crippen LogP contribution in [0.3, 0.4) is 0 Å². The van der Waals surface area contributed by atoms with E-state index in [2.05, 4.69) is 0 Å². The highest BCUT2D eigenvalue weighted by molar-refractivity contribution is 5.51. The molecule has 0 saturated carbocycles. The molecular weight excluding hydrogens is 152 g/mol. The molecule has 1 aromatic carbocycles. The van der Waals surface area contributed by atoms with Crippen molar-refractivity contribution in [3.8, 4) is 5.75 Å². The fraction of sp³-hybridized carbons (Fsp3) is 0.300. The Hall–Kier alpha value is -1.31. The Labute approximate surface area is 71.8 Å². The molecule has 1 N–H and O–H groups in total. The summed E-state index contributed by atoms with van der Waals surface area (Å²) < 4.78 is 0. The third kappa shape index (κ3) is 2.09. The lowest BCUT2D eigenvalue weighted by Crippen LogP contribution is -1.87. The lowest BCUT2D eigenvalue weighted by atomic mass is 10.1.